The minimum absolute atomic E-state index is 0.0997. The van der Waals surface area contributed by atoms with Gasteiger partial charge in [0.1, 0.15) is 6.04 Å². The molecular formula is C21H29N5O5S2. The standard InChI is InChI=1S/C21H29N5O5S2/c1-16(19(22)27)25(21-23-8-13-32-21)20(28)18(14-17-6-4-3-5-7-17)15-33(30,31)24-9-11-26(2,29)12-10-24/h3-8,13,16,18H,9-12,14-15H2,1-2H3,(H2,22,27). The highest BCUT2D eigenvalue weighted by atomic mass is 32.2. The Balaban J connectivity index is 1.91. The van der Waals surface area contributed by atoms with E-state index in [1.165, 1.54) is 29.4 Å². The number of likely N-dealkylation sites (N-methyl/N-ethyl adjacent to an activating group) is 1. The summed E-state index contributed by atoms with van der Waals surface area (Å²) in [5.41, 5.74) is 6.28. The summed E-state index contributed by atoms with van der Waals surface area (Å²) in [5, 5.41) is 14.1. The van der Waals surface area contributed by atoms with Gasteiger partial charge in [-0.2, -0.15) is 4.31 Å². The first kappa shape index (κ1) is 25.2. The molecule has 2 unspecified atom stereocenters. The van der Waals surface area contributed by atoms with Crippen LogP contribution in [-0.2, 0) is 26.0 Å². The van der Waals surface area contributed by atoms with E-state index in [1.54, 1.807) is 5.38 Å². The number of nitrogens with zero attached hydrogens (tertiary/aromatic N) is 4. The molecule has 0 saturated carbocycles. The van der Waals surface area contributed by atoms with Crippen molar-refractivity contribution in [3.63, 3.8) is 0 Å². The van der Waals surface area contributed by atoms with E-state index in [-0.39, 0.29) is 37.7 Å². The van der Waals surface area contributed by atoms with Crippen molar-refractivity contribution >= 4 is 38.3 Å². The van der Waals surface area contributed by atoms with Gasteiger partial charge in [-0.05, 0) is 18.9 Å². The van der Waals surface area contributed by atoms with Gasteiger partial charge in [0.2, 0.25) is 21.8 Å². The van der Waals surface area contributed by atoms with E-state index in [1.807, 2.05) is 30.3 Å². The zero-order valence-electron chi connectivity index (χ0n) is 18.7. The first-order valence-corrected chi connectivity index (χ1v) is 13.1. The van der Waals surface area contributed by atoms with E-state index in [9.17, 15) is 23.2 Å². The number of nitrogens with two attached hydrogens (primary N) is 1. The third-order valence-corrected chi connectivity index (χ3v) is 8.53. The van der Waals surface area contributed by atoms with Crippen LogP contribution in [0.25, 0.3) is 0 Å². The maximum absolute atomic E-state index is 13.7. The van der Waals surface area contributed by atoms with E-state index in [0.717, 1.165) is 16.9 Å². The smallest absolute Gasteiger partial charge is 0.240 e. The van der Waals surface area contributed by atoms with Crippen LogP contribution in [0.3, 0.4) is 0 Å². The number of anilines is 1. The maximum Gasteiger partial charge on any atom is 0.240 e. The molecule has 1 aliphatic rings. The highest BCUT2D eigenvalue weighted by Gasteiger charge is 2.38. The van der Waals surface area contributed by atoms with Crippen molar-refractivity contribution in [3.8, 4) is 0 Å². The third-order valence-electron chi connectivity index (χ3n) is 5.79. The summed E-state index contributed by atoms with van der Waals surface area (Å²) in [5.74, 6) is -2.68. The SMILES string of the molecule is CC(C(N)=O)N(C(=O)C(Cc1ccccc1)CS(=O)(=O)N1CC[N+](C)([O-])CC1)c1nccs1. The van der Waals surface area contributed by atoms with Crippen molar-refractivity contribution in [1.29, 1.82) is 0 Å². The molecule has 2 aromatic rings. The summed E-state index contributed by atoms with van der Waals surface area (Å²) < 4.78 is 27.3. The molecule has 0 bridgehead atoms. The number of benzene rings is 1. The quantitative estimate of drug-likeness (QED) is 0.404. The zero-order valence-corrected chi connectivity index (χ0v) is 20.3. The molecule has 0 aliphatic carbocycles. The fourth-order valence-corrected chi connectivity index (χ4v) is 6.16. The lowest BCUT2D eigenvalue weighted by atomic mass is 9.99. The Morgan fingerprint density at radius 3 is 2.45 bits per heavy atom. The summed E-state index contributed by atoms with van der Waals surface area (Å²) >= 11 is 1.16. The molecule has 0 spiro atoms. The van der Waals surface area contributed by atoms with E-state index < -0.39 is 44.2 Å². The lowest BCUT2D eigenvalue weighted by molar-refractivity contribution is -0.864. The van der Waals surface area contributed by atoms with Crippen LogP contribution >= 0.6 is 11.3 Å². The van der Waals surface area contributed by atoms with Gasteiger partial charge in [-0.15, -0.1) is 11.3 Å². The highest BCUT2D eigenvalue weighted by Crippen LogP contribution is 2.26. The molecule has 12 heteroatoms. The number of piperazine rings is 1. The van der Waals surface area contributed by atoms with Crippen molar-refractivity contribution in [2.24, 2.45) is 11.7 Å². The summed E-state index contributed by atoms with van der Waals surface area (Å²) in [6, 6.07) is 8.10. The molecule has 1 fully saturated rings. The second-order valence-corrected chi connectivity index (χ2v) is 11.3. The first-order chi connectivity index (χ1) is 15.5. The van der Waals surface area contributed by atoms with Gasteiger partial charge in [-0.3, -0.25) is 14.5 Å². The number of rotatable bonds is 9. The Labute approximate surface area is 197 Å². The minimum Gasteiger partial charge on any atom is -0.633 e. The molecule has 1 aromatic carbocycles. The average molecular weight is 496 g/mol. The Bertz CT molecular complexity index is 1050. The molecule has 33 heavy (non-hydrogen) atoms. The van der Waals surface area contributed by atoms with Gasteiger partial charge >= 0.3 is 0 Å². The monoisotopic (exact) mass is 495 g/mol. The van der Waals surface area contributed by atoms with Gasteiger partial charge < -0.3 is 15.6 Å². The third kappa shape index (κ3) is 6.36. The number of sulfonamides is 1. The van der Waals surface area contributed by atoms with Gasteiger partial charge in [-0.1, -0.05) is 30.3 Å². The van der Waals surface area contributed by atoms with Crippen LogP contribution in [0.4, 0.5) is 5.13 Å². The number of quaternary nitrogens is 1. The van der Waals surface area contributed by atoms with Crippen LogP contribution in [0.5, 0.6) is 0 Å². The van der Waals surface area contributed by atoms with E-state index >= 15 is 0 Å². The maximum atomic E-state index is 13.7. The topological polar surface area (TPSA) is 137 Å². The molecule has 1 aromatic heterocycles. The molecule has 10 nitrogen and oxygen atoms in total. The normalized spacial score (nSPS) is 18.4. The average Bonchev–Trinajstić information content (AvgIpc) is 3.28. The van der Waals surface area contributed by atoms with Gasteiger partial charge in [0.25, 0.3) is 0 Å². The Kier molecular flexibility index (Phi) is 7.85. The summed E-state index contributed by atoms with van der Waals surface area (Å²) in [6.45, 7) is 2.00. The Hall–Kier alpha value is -2.38. The summed E-state index contributed by atoms with van der Waals surface area (Å²) in [7, 11) is -2.33. The van der Waals surface area contributed by atoms with Crippen molar-refractivity contribution in [1.82, 2.24) is 9.29 Å². The van der Waals surface area contributed by atoms with E-state index in [2.05, 4.69) is 4.98 Å². The van der Waals surface area contributed by atoms with Crippen LogP contribution in [0.1, 0.15) is 12.5 Å². The number of thiazole rings is 1. The Morgan fingerprint density at radius 1 is 1.27 bits per heavy atom. The number of aromatic nitrogens is 1. The van der Waals surface area contributed by atoms with E-state index in [4.69, 9.17) is 5.73 Å². The zero-order chi connectivity index (χ0) is 24.2. The number of carbonyl (C=O) groups is 2. The van der Waals surface area contributed by atoms with Crippen LogP contribution in [0, 0.1) is 11.1 Å². The van der Waals surface area contributed by atoms with Crippen LogP contribution in [0.15, 0.2) is 41.9 Å². The molecule has 2 heterocycles. The van der Waals surface area contributed by atoms with Crippen LogP contribution in [-0.4, -0.2) is 79.2 Å². The predicted octanol–water partition coefficient (Wildman–Crippen LogP) is 0.799. The number of amides is 2. The summed E-state index contributed by atoms with van der Waals surface area (Å²) in [4.78, 5) is 31.0. The second kappa shape index (κ2) is 10.3. The number of hydroxylamine groups is 3. The lowest BCUT2D eigenvalue weighted by Crippen LogP contribution is -2.56. The van der Waals surface area contributed by atoms with Gasteiger partial charge in [-0.25, -0.2) is 13.4 Å². The fourth-order valence-electron chi connectivity index (χ4n) is 3.73. The van der Waals surface area contributed by atoms with Gasteiger partial charge in [0, 0.05) is 11.6 Å². The van der Waals surface area contributed by atoms with E-state index in [0.29, 0.717) is 0 Å². The number of primary amides is 1. The molecule has 1 saturated heterocycles. The van der Waals surface area contributed by atoms with Crippen molar-refractivity contribution < 1.29 is 22.7 Å². The molecule has 2 N–H and O–H groups in total. The molecule has 2 atom stereocenters. The second-order valence-electron chi connectivity index (χ2n) is 8.41. The predicted molar refractivity (Wildman–Crippen MR) is 127 cm³/mol. The lowest BCUT2D eigenvalue weighted by Gasteiger charge is -2.44. The molecular weight excluding hydrogens is 466 g/mol. The van der Waals surface area contributed by atoms with Crippen LogP contribution < -0.4 is 10.6 Å². The molecule has 0 radical (unpaired) electrons. The van der Waals surface area contributed by atoms with Gasteiger partial charge in [0.15, 0.2) is 5.13 Å². The van der Waals surface area contributed by atoms with Crippen molar-refractivity contribution in [2.45, 2.75) is 19.4 Å². The summed E-state index contributed by atoms with van der Waals surface area (Å²) in [6.07, 6.45) is 1.66. The number of hydrogen-bond acceptors (Lipinski definition) is 7. The largest absolute Gasteiger partial charge is 0.633 e. The van der Waals surface area contributed by atoms with Crippen molar-refractivity contribution in [3.05, 3.63) is 52.7 Å². The van der Waals surface area contributed by atoms with Crippen molar-refractivity contribution in [2.75, 3.05) is 43.9 Å². The molecule has 180 valence electrons. The number of hydrogen-bond donors (Lipinski definition) is 1. The first-order valence-electron chi connectivity index (χ1n) is 10.6. The molecule has 1 aliphatic heterocycles. The Morgan fingerprint density at radius 2 is 1.91 bits per heavy atom. The number of carbonyl (C=O) groups excluding carboxylic acids is 2. The fraction of sp³-hybridized carbons (Fsp3) is 0.476. The molecule has 3 rings (SSSR count). The van der Waals surface area contributed by atoms with Gasteiger partial charge in [0.05, 0.1) is 44.9 Å². The molecule has 2 amide bonds. The minimum atomic E-state index is -3.84. The highest BCUT2D eigenvalue weighted by molar-refractivity contribution is 7.89. The van der Waals surface area contributed by atoms with Crippen LogP contribution in [0.2, 0.25) is 0 Å².